The minimum absolute atomic E-state index is 0.114. The molecule has 7 nitrogen and oxygen atoms in total. The molecule has 0 saturated carbocycles. The molecular formula is C21H22N4O3S2. The van der Waals surface area contributed by atoms with Gasteiger partial charge >= 0.3 is 6.03 Å². The lowest BCUT2D eigenvalue weighted by atomic mass is 10.1. The van der Waals surface area contributed by atoms with E-state index in [9.17, 15) is 14.4 Å². The van der Waals surface area contributed by atoms with Crippen molar-refractivity contribution in [1.82, 2.24) is 14.9 Å². The quantitative estimate of drug-likeness (QED) is 0.476. The Balaban J connectivity index is 1.91. The summed E-state index contributed by atoms with van der Waals surface area (Å²) in [5, 5.41) is 2.54. The molecule has 9 heteroatoms. The number of aryl methyl sites for hydroxylation is 4. The van der Waals surface area contributed by atoms with Crippen molar-refractivity contribution in [1.29, 1.82) is 0 Å². The Labute approximate surface area is 181 Å². The number of benzene rings is 1. The number of aromatic nitrogens is 2. The highest BCUT2D eigenvalue weighted by Gasteiger charge is 2.26. The van der Waals surface area contributed by atoms with Gasteiger partial charge in [0.25, 0.3) is 5.56 Å². The van der Waals surface area contributed by atoms with Crippen LogP contribution in [0.3, 0.4) is 0 Å². The zero-order valence-corrected chi connectivity index (χ0v) is 18.6. The van der Waals surface area contributed by atoms with Gasteiger partial charge in [-0.2, -0.15) is 0 Å². The van der Waals surface area contributed by atoms with Crippen molar-refractivity contribution in [2.75, 3.05) is 0 Å². The first kappa shape index (κ1) is 20.6. The molecule has 30 heavy (non-hydrogen) atoms. The first-order valence-electron chi connectivity index (χ1n) is 9.68. The number of thioether (sulfide) groups is 1. The smallest absolute Gasteiger partial charge is 0.318 e. The van der Waals surface area contributed by atoms with Crippen molar-refractivity contribution in [3.63, 3.8) is 0 Å². The Kier molecular flexibility index (Phi) is 5.42. The molecule has 1 unspecified atom stereocenters. The summed E-state index contributed by atoms with van der Waals surface area (Å²) in [4.78, 5) is 43.7. The van der Waals surface area contributed by atoms with Gasteiger partial charge in [0.1, 0.15) is 4.83 Å². The maximum atomic E-state index is 13.7. The van der Waals surface area contributed by atoms with Gasteiger partial charge in [-0.1, -0.05) is 29.5 Å². The van der Waals surface area contributed by atoms with Gasteiger partial charge in [0.05, 0.1) is 16.3 Å². The highest BCUT2D eigenvalue weighted by atomic mass is 32.2. The van der Waals surface area contributed by atoms with Gasteiger partial charge in [0, 0.05) is 4.88 Å². The minimum Gasteiger partial charge on any atom is -0.351 e. The Morgan fingerprint density at radius 3 is 2.77 bits per heavy atom. The summed E-state index contributed by atoms with van der Waals surface area (Å²) < 4.78 is 1.60. The molecule has 0 bridgehead atoms. The van der Waals surface area contributed by atoms with Crippen LogP contribution in [0.4, 0.5) is 4.79 Å². The number of amides is 3. The number of fused-ring (bicyclic) bond motifs is 3. The first-order chi connectivity index (χ1) is 14.3. The number of nitrogens with zero attached hydrogens (tertiary/aromatic N) is 2. The van der Waals surface area contributed by atoms with Crippen LogP contribution in [0, 0.1) is 13.8 Å². The molecule has 156 valence electrons. The van der Waals surface area contributed by atoms with Crippen LogP contribution < -0.4 is 16.6 Å². The van der Waals surface area contributed by atoms with E-state index < -0.39 is 17.2 Å². The molecule has 1 atom stereocenters. The number of nitrogens with one attached hydrogen (secondary N) is 1. The zero-order valence-electron chi connectivity index (χ0n) is 16.9. The molecule has 3 amide bonds. The first-order valence-corrected chi connectivity index (χ1v) is 11.4. The van der Waals surface area contributed by atoms with Gasteiger partial charge < -0.3 is 5.73 Å². The third-order valence-corrected chi connectivity index (χ3v) is 7.44. The summed E-state index contributed by atoms with van der Waals surface area (Å²) >= 11 is 2.70. The molecule has 1 aliphatic carbocycles. The number of nitrogens with two attached hydrogens (primary N) is 1. The van der Waals surface area contributed by atoms with E-state index >= 15 is 0 Å². The number of hydrogen-bond donors (Lipinski definition) is 2. The van der Waals surface area contributed by atoms with Crippen molar-refractivity contribution in [3.05, 3.63) is 50.1 Å². The van der Waals surface area contributed by atoms with Gasteiger partial charge in [-0.05, 0) is 57.2 Å². The number of imide groups is 1. The number of rotatable bonds is 4. The van der Waals surface area contributed by atoms with Crippen molar-refractivity contribution in [2.24, 2.45) is 5.73 Å². The van der Waals surface area contributed by atoms with Crippen LogP contribution in [0.1, 0.15) is 34.9 Å². The average Bonchev–Trinajstić information content (AvgIpc) is 3.23. The predicted molar refractivity (Wildman–Crippen MR) is 120 cm³/mol. The second kappa shape index (κ2) is 7.88. The summed E-state index contributed by atoms with van der Waals surface area (Å²) in [5.41, 5.74) is 8.85. The van der Waals surface area contributed by atoms with Crippen LogP contribution >= 0.6 is 23.1 Å². The summed E-state index contributed by atoms with van der Waals surface area (Å²) in [6.07, 6.45) is 2.92. The number of urea groups is 1. The molecule has 0 saturated heterocycles. The molecule has 0 fully saturated rings. The zero-order chi connectivity index (χ0) is 21.6. The predicted octanol–water partition coefficient (Wildman–Crippen LogP) is 3.23. The topological polar surface area (TPSA) is 107 Å². The largest absolute Gasteiger partial charge is 0.351 e. The SMILES string of the molecule is Cc1ccc(-n2c(SC(C)C(=O)NC(N)=O)nc3sc4c(c3c2=O)CCC4)c(C)c1. The second-order valence-corrected chi connectivity index (χ2v) is 9.87. The molecule has 3 N–H and O–H groups in total. The Morgan fingerprint density at radius 1 is 1.30 bits per heavy atom. The fourth-order valence-electron chi connectivity index (χ4n) is 3.81. The van der Waals surface area contributed by atoms with Gasteiger partial charge in [-0.3, -0.25) is 19.5 Å². The lowest BCUT2D eigenvalue weighted by Crippen LogP contribution is -2.39. The van der Waals surface area contributed by atoms with Gasteiger partial charge in [0.15, 0.2) is 5.16 Å². The summed E-state index contributed by atoms with van der Waals surface area (Å²) in [6, 6.07) is 4.97. The van der Waals surface area contributed by atoms with E-state index in [0.717, 1.165) is 53.4 Å². The van der Waals surface area contributed by atoms with Crippen molar-refractivity contribution >= 4 is 45.3 Å². The van der Waals surface area contributed by atoms with E-state index in [1.165, 1.54) is 4.88 Å². The molecule has 0 spiro atoms. The number of thiophene rings is 1. The highest BCUT2D eigenvalue weighted by Crippen LogP contribution is 2.36. The van der Waals surface area contributed by atoms with Gasteiger partial charge in [0.2, 0.25) is 5.91 Å². The van der Waals surface area contributed by atoms with Gasteiger partial charge in [-0.15, -0.1) is 11.3 Å². The fourth-order valence-corrected chi connectivity index (χ4v) is 6.03. The standard InChI is InChI=1S/C21H22N4O3S2/c1-10-7-8-14(11(2)9-10)25-19(27)16-13-5-4-6-15(13)30-18(16)24-21(25)29-12(3)17(26)23-20(22)28/h7-9,12H,4-6H2,1-3H3,(H3,22,23,26,28). The Morgan fingerprint density at radius 2 is 2.07 bits per heavy atom. The van der Waals surface area contributed by atoms with E-state index in [2.05, 4.69) is 5.32 Å². The van der Waals surface area contributed by atoms with Crippen LogP contribution in [0.25, 0.3) is 15.9 Å². The number of carbonyl (C=O) groups excluding carboxylic acids is 2. The van der Waals surface area contributed by atoms with Crippen LogP contribution in [-0.2, 0) is 17.6 Å². The third kappa shape index (κ3) is 3.63. The number of carbonyl (C=O) groups is 2. The van der Waals surface area contributed by atoms with E-state index in [1.807, 2.05) is 32.0 Å². The Bertz CT molecular complexity index is 1250. The summed E-state index contributed by atoms with van der Waals surface area (Å²) in [7, 11) is 0. The van der Waals surface area contributed by atoms with Crippen LogP contribution in [-0.4, -0.2) is 26.7 Å². The molecule has 4 rings (SSSR count). The average molecular weight is 443 g/mol. The molecule has 0 radical (unpaired) electrons. The molecule has 0 aliphatic heterocycles. The molecule has 2 aromatic heterocycles. The third-order valence-electron chi connectivity index (χ3n) is 5.20. The molecular weight excluding hydrogens is 420 g/mol. The fraction of sp³-hybridized carbons (Fsp3) is 0.333. The molecule has 2 heterocycles. The lowest BCUT2D eigenvalue weighted by molar-refractivity contribution is -0.119. The second-order valence-electron chi connectivity index (χ2n) is 7.48. The van der Waals surface area contributed by atoms with Gasteiger partial charge in [-0.25, -0.2) is 9.78 Å². The summed E-state index contributed by atoms with van der Waals surface area (Å²) in [5.74, 6) is -0.525. The van der Waals surface area contributed by atoms with Crippen molar-refractivity contribution in [2.45, 2.75) is 50.4 Å². The molecule has 1 aliphatic rings. The molecule has 3 aromatic rings. The van der Waals surface area contributed by atoms with E-state index in [0.29, 0.717) is 15.4 Å². The number of hydrogen-bond acceptors (Lipinski definition) is 6. The van der Waals surface area contributed by atoms with Crippen LogP contribution in [0.2, 0.25) is 0 Å². The maximum Gasteiger partial charge on any atom is 0.318 e. The van der Waals surface area contributed by atoms with Crippen molar-refractivity contribution in [3.8, 4) is 5.69 Å². The van der Waals surface area contributed by atoms with Crippen molar-refractivity contribution < 1.29 is 9.59 Å². The monoisotopic (exact) mass is 442 g/mol. The lowest BCUT2D eigenvalue weighted by Gasteiger charge is -2.17. The van der Waals surface area contributed by atoms with E-state index in [-0.39, 0.29) is 5.56 Å². The number of primary amides is 1. The molecule has 1 aromatic carbocycles. The maximum absolute atomic E-state index is 13.7. The normalized spacial score (nSPS) is 14.0. The van der Waals surface area contributed by atoms with Crippen LogP contribution in [0.5, 0.6) is 0 Å². The highest BCUT2D eigenvalue weighted by molar-refractivity contribution is 8.00. The Hall–Kier alpha value is -2.65. The van der Waals surface area contributed by atoms with E-state index in [4.69, 9.17) is 10.7 Å². The van der Waals surface area contributed by atoms with Crippen LogP contribution in [0.15, 0.2) is 28.2 Å². The minimum atomic E-state index is -0.905. The van der Waals surface area contributed by atoms with E-state index in [1.54, 1.807) is 22.8 Å². The summed E-state index contributed by atoms with van der Waals surface area (Å²) in [6.45, 7) is 5.60.